The van der Waals surface area contributed by atoms with E-state index < -0.39 is 0 Å². The van der Waals surface area contributed by atoms with E-state index in [0.29, 0.717) is 19.8 Å². The Morgan fingerprint density at radius 3 is 2.77 bits per heavy atom. The first kappa shape index (κ1) is 20.5. The molecule has 1 saturated heterocycles. The number of morpholine rings is 1. The number of methoxy groups -OCH3 is 1. The van der Waals surface area contributed by atoms with Crippen LogP contribution in [0.2, 0.25) is 0 Å². The molecule has 26 heavy (non-hydrogen) atoms. The van der Waals surface area contributed by atoms with Crippen LogP contribution in [-0.4, -0.2) is 77.1 Å². The largest absolute Gasteiger partial charge is 0.492 e. The Morgan fingerprint density at radius 1 is 1.19 bits per heavy atom. The molecule has 1 heterocycles. The van der Waals surface area contributed by atoms with Crippen molar-refractivity contribution in [3.05, 3.63) is 29.8 Å². The summed E-state index contributed by atoms with van der Waals surface area (Å²) in [6, 6.07) is 8.09. The van der Waals surface area contributed by atoms with E-state index in [0.717, 1.165) is 63.2 Å². The summed E-state index contributed by atoms with van der Waals surface area (Å²) in [7, 11) is 1.69. The Bertz CT molecular complexity index is 533. The van der Waals surface area contributed by atoms with Crippen LogP contribution in [0, 0.1) is 0 Å². The molecule has 1 aromatic rings. The standard InChI is InChI=1S/C19H32N4O3/c1-3-20-19(21-8-12-24-2)22-16-17-6-4-5-7-18(17)26-15-11-23-9-13-25-14-10-23/h4-7H,3,8-16H2,1-2H3,(H2,20,21,22). The summed E-state index contributed by atoms with van der Waals surface area (Å²) in [5, 5.41) is 6.49. The molecule has 7 nitrogen and oxygen atoms in total. The minimum Gasteiger partial charge on any atom is -0.492 e. The van der Waals surface area contributed by atoms with Gasteiger partial charge in [-0.15, -0.1) is 0 Å². The van der Waals surface area contributed by atoms with Crippen LogP contribution in [0.5, 0.6) is 5.75 Å². The number of aliphatic imine (C=N–C) groups is 1. The van der Waals surface area contributed by atoms with E-state index in [4.69, 9.17) is 14.2 Å². The van der Waals surface area contributed by atoms with E-state index in [9.17, 15) is 0 Å². The highest BCUT2D eigenvalue weighted by Gasteiger charge is 2.10. The molecule has 0 saturated carbocycles. The quantitative estimate of drug-likeness (QED) is 0.368. The minimum absolute atomic E-state index is 0.566. The van der Waals surface area contributed by atoms with Gasteiger partial charge in [-0.05, 0) is 13.0 Å². The SMILES string of the molecule is CCNC(=NCc1ccccc1OCCN1CCOCC1)NCCOC. The van der Waals surface area contributed by atoms with Gasteiger partial charge in [0.2, 0.25) is 0 Å². The Morgan fingerprint density at radius 2 is 2.00 bits per heavy atom. The number of nitrogens with one attached hydrogen (secondary N) is 2. The second-order valence-corrected chi connectivity index (χ2v) is 6.02. The van der Waals surface area contributed by atoms with Crippen LogP contribution in [0.1, 0.15) is 12.5 Å². The summed E-state index contributed by atoms with van der Waals surface area (Å²) in [5.41, 5.74) is 1.08. The van der Waals surface area contributed by atoms with Crippen molar-refractivity contribution in [3.8, 4) is 5.75 Å². The Balaban J connectivity index is 1.86. The molecule has 2 N–H and O–H groups in total. The van der Waals surface area contributed by atoms with Gasteiger partial charge in [0.25, 0.3) is 0 Å². The predicted octanol–water partition coefficient (Wildman–Crippen LogP) is 1.10. The summed E-state index contributed by atoms with van der Waals surface area (Å²) in [5.74, 6) is 1.69. The molecule has 0 aliphatic carbocycles. The fraction of sp³-hybridized carbons (Fsp3) is 0.632. The van der Waals surface area contributed by atoms with Gasteiger partial charge >= 0.3 is 0 Å². The van der Waals surface area contributed by atoms with E-state index in [-0.39, 0.29) is 0 Å². The van der Waals surface area contributed by atoms with Crippen molar-refractivity contribution in [1.29, 1.82) is 0 Å². The highest BCUT2D eigenvalue weighted by molar-refractivity contribution is 5.79. The topological polar surface area (TPSA) is 67.4 Å². The lowest BCUT2D eigenvalue weighted by atomic mass is 10.2. The van der Waals surface area contributed by atoms with E-state index in [2.05, 4.69) is 33.5 Å². The van der Waals surface area contributed by atoms with Crippen molar-refractivity contribution in [1.82, 2.24) is 15.5 Å². The molecule has 7 heteroatoms. The zero-order chi connectivity index (χ0) is 18.5. The van der Waals surface area contributed by atoms with Gasteiger partial charge in [-0.1, -0.05) is 18.2 Å². The molecule has 0 bridgehead atoms. The van der Waals surface area contributed by atoms with E-state index in [1.165, 1.54) is 0 Å². The first-order valence-corrected chi connectivity index (χ1v) is 9.35. The number of nitrogens with zero attached hydrogens (tertiary/aromatic N) is 2. The van der Waals surface area contributed by atoms with Crippen molar-refractivity contribution in [2.75, 3.05) is 66.3 Å². The molecule has 0 atom stereocenters. The van der Waals surface area contributed by atoms with E-state index >= 15 is 0 Å². The average molecular weight is 364 g/mol. The second kappa shape index (κ2) is 12.5. The third kappa shape index (κ3) is 7.59. The lowest BCUT2D eigenvalue weighted by Gasteiger charge is -2.26. The zero-order valence-electron chi connectivity index (χ0n) is 16.0. The number of hydrogen-bond acceptors (Lipinski definition) is 5. The Kier molecular flexibility index (Phi) is 9.86. The molecular weight excluding hydrogens is 332 g/mol. The second-order valence-electron chi connectivity index (χ2n) is 6.02. The molecule has 2 rings (SSSR count). The van der Waals surface area contributed by atoms with E-state index in [1.807, 2.05) is 18.2 Å². The molecule has 0 radical (unpaired) electrons. The maximum Gasteiger partial charge on any atom is 0.191 e. The van der Waals surface area contributed by atoms with Crippen LogP contribution in [0.25, 0.3) is 0 Å². The van der Waals surface area contributed by atoms with Crippen LogP contribution in [-0.2, 0) is 16.0 Å². The summed E-state index contributed by atoms with van der Waals surface area (Å²) in [6.45, 7) is 9.98. The number of rotatable bonds is 10. The number of ether oxygens (including phenoxy) is 3. The molecule has 0 aromatic heterocycles. The smallest absolute Gasteiger partial charge is 0.191 e. The van der Waals surface area contributed by atoms with Crippen LogP contribution < -0.4 is 15.4 Å². The summed E-state index contributed by atoms with van der Waals surface area (Å²) >= 11 is 0. The first-order valence-electron chi connectivity index (χ1n) is 9.35. The summed E-state index contributed by atoms with van der Waals surface area (Å²) in [6.07, 6.45) is 0. The lowest BCUT2D eigenvalue weighted by Crippen LogP contribution is -2.39. The van der Waals surface area contributed by atoms with Crippen molar-refractivity contribution >= 4 is 5.96 Å². The molecule has 1 fully saturated rings. The van der Waals surface area contributed by atoms with Crippen LogP contribution in [0.4, 0.5) is 0 Å². The molecule has 0 unspecified atom stereocenters. The number of guanidine groups is 1. The van der Waals surface area contributed by atoms with Gasteiger partial charge in [0, 0.05) is 45.4 Å². The summed E-state index contributed by atoms with van der Waals surface area (Å²) < 4.78 is 16.5. The van der Waals surface area contributed by atoms with Crippen molar-refractivity contribution in [3.63, 3.8) is 0 Å². The Labute approximate surface area is 156 Å². The number of benzene rings is 1. The monoisotopic (exact) mass is 364 g/mol. The normalized spacial score (nSPS) is 15.7. The molecule has 146 valence electrons. The Hall–Kier alpha value is -1.83. The summed E-state index contributed by atoms with van der Waals surface area (Å²) in [4.78, 5) is 7.01. The molecule has 1 aliphatic heterocycles. The number of hydrogen-bond donors (Lipinski definition) is 2. The molecule has 1 aromatic carbocycles. The predicted molar refractivity (Wildman–Crippen MR) is 104 cm³/mol. The van der Waals surface area contributed by atoms with Gasteiger partial charge in [-0.25, -0.2) is 4.99 Å². The fourth-order valence-electron chi connectivity index (χ4n) is 2.66. The van der Waals surface area contributed by atoms with E-state index in [1.54, 1.807) is 7.11 Å². The van der Waals surface area contributed by atoms with Gasteiger partial charge in [-0.3, -0.25) is 4.90 Å². The van der Waals surface area contributed by atoms with Gasteiger partial charge in [0.1, 0.15) is 12.4 Å². The minimum atomic E-state index is 0.566. The molecular formula is C19H32N4O3. The lowest BCUT2D eigenvalue weighted by molar-refractivity contribution is 0.0322. The van der Waals surface area contributed by atoms with Crippen molar-refractivity contribution in [2.45, 2.75) is 13.5 Å². The third-order valence-electron chi connectivity index (χ3n) is 4.09. The molecule has 1 aliphatic rings. The van der Waals surface area contributed by atoms with Crippen molar-refractivity contribution in [2.24, 2.45) is 4.99 Å². The molecule has 0 amide bonds. The van der Waals surface area contributed by atoms with Crippen LogP contribution in [0.3, 0.4) is 0 Å². The highest BCUT2D eigenvalue weighted by Crippen LogP contribution is 2.19. The third-order valence-corrected chi connectivity index (χ3v) is 4.09. The maximum absolute atomic E-state index is 6.02. The van der Waals surface area contributed by atoms with Gasteiger partial charge in [-0.2, -0.15) is 0 Å². The van der Waals surface area contributed by atoms with Crippen LogP contribution in [0.15, 0.2) is 29.3 Å². The first-order chi connectivity index (χ1) is 12.8. The maximum atomic E-state index is 6.02. The van der Waals surface area contributed by atoms with Crippen LogP contribution >= 0.6 is 0 Å². The zero-order valence-corrected chi connectivity index (χ0v) is 16.0. The fourth-order valence-corrected chi connectivity index (χ4v) is 2.66. The van der Waals surface area contributed by atoms with Crippen molar-refractivity contribution < 1.29 is 14.2 Å². The van der Waals surface area contributed by atoms with Gasteiger partial charge in [0.05, 0.1) is 26.4 Å². The highest BCUT2D eigenvalue weighted by atomic mass is 16.5. The van der Waals surface area contributed by atoms with Gasteiger partial charge in [0.15, 0.2) is 5.96 Å². The molecule has 0 spiro atoms. The number of para-hydroxylation sites is 1. The average Bonchev–Trinajstić information content (AvgIpc) is 2.68. The van der Waals surface area contributed by atoms with Gasteiger partial charge < -0.3 is 24.8 Å².